The van der Waals surface area contributed by atoms with Crippen LogP contribution in [-0.2, 0) is 18.4 Å². The number of likely N-dealkylation sites (N-methyl/N-ethyl adjacent to an activating group) is 1. The van der Waals surface area contributed by atoms with Crippen molar-refractivity contribution in [2.24, 2.45) is 0 Å². The number of carbonyl (C=O) groups is 1. The lowest BCUT2D eigenvalue weighted by Gasteiger charge is -2.29. The standard InChI is InChI=1S/C71H135N2O6P/c1-6-8-10-12-14-16-18-20-22-24-26-27-28-29-30-31-32-33-34-35-36-37-38-39-40-41-42-43-44-45-47-49-51-53-55-57-59-61-63-65-71(75)72-69(68-79-80(76,77)78-67-66-73(3,4)5)70(74)64-62-60-58-56-54-52-50-48-46-25-23-21-19-17-15-13-11-9-7-2/h32-33,35-36,46,48,54,56,62,64,69-70,74H,6-31,34,37-45,47,49-53,55,57-61,63,65-68H2,1-5H3,(H-,72,75,76,77)/b33-32-,36-35-,48-46+,56-54+,64-62+. The molecule has 8 nitrogen and oxygen atoms in total. The van der Waals surface area contributed by atoms with Crippen LogP contribution in [0.25, 0.3) is 0 Å². The number of unbranched alkanes of at least 4 members (excludes halogenated alkanes) is 43. The van der Waals surface area contributed by atoms with E-state index >= 15 is 0 Å². The summed E-state index contributed by atoms with van der Waals surface area (Å²) in [6.07, 6.45) is 85.0. The highest BCUT2D eigenvalue weighted by Crippen LogP contribution is 2.38. The first kappa shape index (κ1) is 78.2. The minimum atomic E-state index is -4.61. The summed E-state index contributed by atoms with van der Waals surface area (Å²) in [5.74, 6) is -0.208. The minimum absolute atomic E-state index is 0.00947. The second-order valence-electron chi connectivity index (χ2n) is 24.9. The summed E-state index contributed by atoms with van der Waals surface area (Å²) in [6.45, 7) is 4.65. The molecule has 0 aromatic carbocycles. The van der Waals surface area contributed by atoms with Gasteiger partial charge in [0.25, 0.3) is 7.82 Å². The van der Waals surface area contributed by atoms with E-state index < -0.39 is 26.6 Å². The second-order valence-corrected chi connectivity index (χ2v) is 26.3. The number of allylic oxidation sites excluding steroid dienone is 9. The number of carbonyl (C=O) groups excluding carboxylic acids is 1. The topological polar surface area (TPSA) is 108 Å². The number of aliphatic hydroxyl groups is 1. The van der Waals surface area contributed by atoms with Gasteiger partial charge in [-0.1, -0.05) is 312 Å². The van der Waals surface area contributed by atoms with Crippen LogP contribution in [0.15, 0.2) is 60.8 Å². The van der Waals surface area contributed by atoms with Gasteiger partial charge in [-0.3, -0.25) is 9.36 Å². The van der Waals surface area contributed by atoms with Gasteiger partial charge >= 0.3 is 0 Å². The molecule has 0 aromatic heterocycles. The largest absolute Gasteiger partial charge is 0.756 e. The van der Waals surface area contributed by atoms with E-state index in [0.29, 0.717) is 17.4 Å². The molecule has 0 saturated heterocycles. The number of aliphatic hydroxyl groups excluding tert-OH is 1. The number of hydrogen-bond donors (Lipinski definition) is 2. The van der Waals surface area contributed by atoms with Gasteiger partial charge in [0.2, 0.25) is 5.91 Å². The maximum Gasteiger partial charge on any atom is 0.268 e. The summed E-state index contributed by atoms with van der Waals surface area (Å²) in [5.41, 5.74) is 0. The quantitative estimate of drug-likeness (QED) is 0.0272. The van der Waals surface area contributed by atoms with Gasteiger partial charge in [0.1, 0.15) is 13.2 Å². The van der Waals surface area contributed by atoms with Gasteiger partial charge in [-0.05, 0) is 77.0 Å². The van der Waals surface area contributed by atoms with Crippen LogP contribution >= 0.6 is 7.82 Å². The summed E-state index contributed by atoms with van der Waals surface area (Å²) in [6, 6.07) is -0.912. The Labute approximate surface area is 498 Å². The van der Waals surface area contributed by atoms with Gasteiger partial charge in [0.15, 0.2) is 0 Å². The Morgan fingerprint density at radius 3 is 1.09 bits per heavy atom. The molecule has 0 aliphatic carbocycles. The van der Waals surface area contributed by atoms with Gasteiger partial charge in [0.05, 0.1) is 39.9 Å². The van der Waals surface area contributed by atoms with E-state index in [-0.39, 0.29) is 12.5 Å². The van der Waals surface area contributed by atoms with E-state index in [4.69, 9.17) is 9.05 Å². The number of phosphoric acid groups is 1. The molecule has 0 fully saturated rings. The summed E-state index contributed by atoms with van der Waals surface area (Å²) in [4.78, 5) is 25.6. The summed E-state index contributed by atoms with van der Waals surface area (Å²) >= 11 is 0. The molecule has 0 heterocycles. The van der Waals surface area contributed by atoms with Crippen LogP contribution in [0.1, 0.15) is 335 Å². The molecule has 2 N–H and O–H groups in total. The van der Waals surface area contributed by atoms with Crippen LogP contribution in [0.3, 0.4) is 0 Å². The fraction of sp³-hybridized carbons (Fsp3) is 0.845. The fourth-order valence-corrected chi connectivity index (χ4v) is 11.0. The molecule has 0 bridgehead atoms. The third-order valence-corrected chi connectivity index (χ3v) is 16.6. The molecule has 1 amide bonds. The Hall–Kier alpha value is -1.80. The van der Waals surface area contributed by atoms with Gasteiger partial charge in [-0.2, -0.15) is 0 Å². The number of hydrogen-bond acceptors (Lipinski definition) is 6. The molecule has 3 unspecified atom stereocenters. The Morgan fingerprint density at radius 2 is 0.738 bits per heavy atom. The molecule has 0 rings (SSSR count). The van der Waals surface area contributed by atoms with Crippen LogP contribution in [0.4, 0.5) is 0 Å². The molecule has 0 spiro atoms. The third-order valence-electron chi connectivity index (χ3n) is 15.7. The van der Waals surface area contributed by atoms with Crippen LogP contribution in [0, 0.1) is 0 Å². The predicted octanol–water partition coefficient (Wildman–Crippen LogP) is 21.4. The molecule has 0 radical (unpaired) electrons. The van der Waals surface area contributed by atoms with Crippen molar-refractivity contribution in [2.45, 2.75) is 347 Å². The first-order valence-electron chi connectivity index (χ1n) is 34.7. The van der Waals surface area contributed by atoms with Crippen LogP contribution in [0.2, 0.25) is 0 Å². The number of nitrogens with one attached hydrogen (secondary N) is 1. The van der Waals surface area contributed by atoms with Crippen LogP contribution in [-0.4, -0.2) is 68.5 Å². The number of rotatable bonds is 64. The Bertz CT molecular complexity index is 1490. The molecule has 0 aliphatic rings. The van der Waals surface area contributed by atoms with Crippen LogP contribution < -0.4 is 10.2 Å². The molecule has 0 aromatic rings. The lowest BCUT2D eigenvalue weighted by molar-refractivity contribution is -0.870. The van der Waals surface area contributed by atoms with E-state index in [1.807, 2.05) is 27.2 Å². The third kappa shape index (κ3) is 63.8. The zero-order valence-corrected chi connectivity index (χ0v) is 54.7. The van der Waals surface area contributed by atoms with Gasteiger partial charge in [-0.25, -0.2) is 0 Å². The summed E-state index contributed by atoms with van der Waals surface area (Å²) < 4.78 is 23.4. The molecule has 0 saturated carbocycles. The lowest BCUT2D eigenvalue weighted by atomic mass is 10.0. The van der Waals surface area contributed by atoms with Crippen molar-refractivity contribution in [3.05, 3.63) is 60.8 Å². The lowest BCUT2D eigenvalue weighted by Crippen LogP contribution is -2.45. The molecular weight excluding hydrogens is 1010 g/mol. The van der Waals surface area contributed by atoms with E-state index in [2.05, 4.69) is 67.8 Å². The Kier molecular flexibility index (Phi) is 60.4. The fourth-order valence-electron chi connectivity index (χ4n) is 10.3. The molecular formula is C71H135N2O6P. The number of phosphoric ester groups is 1. The number of quaternary nitrogens is 1. The van der Waals surface area contributed by atoms with E-state index in [0.717, 1.165) is 51.4 Å². The molecule has 0 aliphatic heterocycles. The Morgan fingerprint density at radius 1 is 0.438 bits per heavy atom. The Balaban J connectivity index is 4.00. The zero-order valence-electron chi connectivity index (χ0n) is 53.8. The smallest absolute Gasteiger partial charge is 0.268 e. The van der Waals surface area contributed by atoms with Crippen molar-refractivity contribution >= 4 is 13.7 Å². The van der Waals surface area contributed by atoms with Crippen molar-refractivity contribution in [3.63, 3.8) is 0 Å². The van der Waals surface area contributed by atoms with Crippen molar-refractivity contribution in [1.29, 1.82) is 0 Å². The average molecular weight is 1140 g/mol. The van der Waals surface area contributed by atoms with Gasteiger partial charge in [-0.15, -0.1) is 0 Å². The van der Waals surface area contributed by atoms with E-state index in [1.165, 1.54) is 263 Å². The maximum atomic E-state index is 13.0. The highest BCUT2D eigenvalue weighted by atomic mass is 31.2. The minimum Gasteiger partial charge on any atom is -0.756 e. The zero-order chi connectivity index (χ0) is 58.4. The molecule has 470 valence electrons. The van der Waals surface area contributed by atoms with E-state index in [9.17, 15) is 19.4 Å². The molecule has 9 heteroatoms. The van der Waals surface area contributed by atoms with Crippen molar-refractivity contribution < 1.29 is 32.9 Å². The summed E-state index contributed by atoms with van der Waals surface area (Å²) in [5, 5.41) is 13.9. The highest BCUT2D eigenvalue weighted by molar-refractivity contribution is 7.45. The number of amides is 1. The summed E-state index contributed by atoms with van der Waals surface area (Å²) in [7, 11) is 1.24. The number of nitrogens with zero attached hydrogens (tertiary/aromatic N) is 1. The first-order chi connectivity index (χ1) is 39.0. The molecule has 3 atom stereocenters. The molecule has 80 heavy (non-hydrogen) atoms. The first-order valence-corrected chi connectivity index (χ1v) is 36.1. The predicted molar refractivity (Wildman–Crippen MR) is 348 cm³/mol. The van der Waals surface area contributed by atoms with Gasteiger partial charge in [0, 0.05) is 6.42 Å². The van der Waals surface area contributed by atoms with Crippen molar-refractivity contribution in [3.8, 4) is 0 Å². The average Bonchev–Trinajstić information content (AvgIpc) is 3.42. The normalized spacial score (nSPS) is 14.0. The second kappa shape index (κ2) is 61.8. The van der Waals surface area contributed by atoms with E-state index in [1.54, 1.807) is 6.08 Å². The van der Waals surface area contributed by atoms with Crippen LogP contribution in [0.5, 0.6) is 0 Å². The monoisotopic (exact) mass is 1140 g/mol. The SMILES string of the molecule is CCCCCCCCCCC/C=C/CC/C=C/CC/C=C/C(O)C(COP(=O)([O-])OCC[N+](C)(C)C)NC(=O)CCCCCCCCCCCCCCCCCCC/C=C\C/C=C\CCCCCCCCCCCCCCCCC. The van der Waals surface area contributed by atoms with Crippen molar-refractivity contribution in [2.75, 3.05) is 40.9 Å². The van der Waals surface area contributed by atoms with Gasteiger partial charge < -0.3 is 28.8 Å². The maximum absolute atomic E-state index is 13.0. The highest BCUT2D eigenvalue weighted by Gasteiger charge is 2.23. The van der Waals surface area contributed by atoms with Crippen molar-refractivity contribution in [1.82, 2.24) is 5.32 Å².